The first kappa shape index (κ1) is 20.8. The first-order valence-electron chi connectivity index (χ1n) is 8.79. The molecular weight excluding hydrogens is 419 g/mol. The SMILES string of the molecule is CC1=C(C)C[C@@H](C(=O)O)[C@@H](C(=O)Nc2nc(-c3ccc(Cl)cc3Cl)c(C)s2)C1. The number of hydrogen-bond acceptors (Lipinski definition) is 4. The molecule has 2 N–H and O–H groups in total. The Kier molecular flexibility index (Phi) is 6.12. The number of hydrogen-bond donors (Lipinski definition) is 2. The van der Waals surface area contributed by atoms with Crippen molar-refractivity contribution in [3.8, 4) is 11.3 Å². The highest BCUT2D eigenvalue weighted by Gasteiger charge is 2.37. The predicted molar refractivity (Wildman–Crippen MR) is 113 cm³/mol. The molecule has 5 nitrogen and oxygen atoms in total. The number of aromatic nitrogens is 1. The number of aliphatic carboxylic acids is 1. The summed E-state index contributed by atoms with van der Waals surface area (Å²) in [5.74, 6) is -2.61. The van der Waals surface area contributed by atoms with Crippen molar-refractivity contribution in [1.29, 1.82) is 0 Å². The van der Waals surface area contributed by atoms with E-state index in [1.165, 1.54) is 11.3 Å². The van der Waals surface area contributed by atoms with Gasteiger partial charge in [-0.2, -0.15) is 0 Å². The molecule has 0 bridgehead atoms. The van der Waals surface area contributed by atoms with Crippen molar-refractivity contribution in [2.75, 3.05) is 5.32 Å². The average Bonchev–Trinajstić information content (AvgIpc) is 2.96. The first-order valence-corrected chi connectivity index (χ1v) is 10.4. The van der Waals surface area contributed by atoms with Gasteiger partial charge in [-0.1, -0.05) is 34.3 Å². The normalized spacial score (nSPS) is 19.6. The van der Waals surface area contributed by atoms with Gasteiger partial charge in [0.15, 0.2) is 5.13 Å². The highest BCUT2D eigenvalue weighted by atomic mass is 35.5. The van der Waals surface area contributed by atoms with Crippen molar-refractivity contribution < 1.29 is 14.7 Å². The molecule has 0 fully saturated rings. The number of nitrogens with zero attached hydrogens (tertiary/aromatic N) is 1. The van der Waals surface area contributed by atoms with Crippen molar-refractivity contribution in [2.24, 2.45) is 11.8 Å². The topological polar surface area (TPSA) is 79.3 Å². The lowest BCUT2D eigenvalue weighted by Gasteiger charge is -2.29. The summed E-state index contributed by atoms with van der Waals surface area (Å²) < 4.78 is 0. The van der Waals surface area contributed by atoms with E-state index in [-0.39, 0.29) is 5.91 Å². The van der Waals surface area contributed by atoms with Crippen molar-refractivity contribution in [3.05, 3.63) is 44.3 Å². The van der Waals surface area contributed by atoms with Gasteiger partial charge in [0, 0.05) is 15.5 Å². The summed E-state index contributed by atoms with van der Waals surface area (Å²) in [6.45, 7) is 5.76. The van der Waals surface area contributed by atoms with Crippen molar-refractivity contribution >= 4 is 51.5 Å². The van der Waals surface area contributed by atoms with Crippen LogP contribution in [0.15, 0.2) is 29.3 Å². The monoisotopic (exact) mass is 438 g/mol. The molecule has 0 saturated carbocycles. The summed E-state index contributed by atoms with van der Waals surface area (Å²) in [7, 11) is 0. The summed E-state index contributed by atoms with van der Waals surface area (Å²) in [4.78, 5) is 29.9. The number of amides is 1. The molecule has 0 unspecified atom stereocenters. The number of carboxylic acid groups (broad SMARTS) is 1. The van der Waals surface area contributed by atoms with E-state index in [9.17, 15) is 14.7 Å². The number of rotatable bonds is 4. The van der Waals surface area contributed by atoms with Gasteiger partial charge in [-0.25, -0.2) is 4.98 Å². The molecule has 28 heavy (non-hydrogen) atoms. The molecule has 1 aliphatic carbocycles. The Labute approximate surface area is 177 Å². The number of carboxylic acids is 1. The first-order chi connectivity index (χ1) is 13.2. The minimum Gasteiger partial charge on any atom is -0.481 e. The van der Waals surface area contributed by atoms with Crippen molar-refractivity contribution in [1.82, 2.24) is 4.98 Å². The maximum atomic E-state index is 12.8. The van der Waals surface area contributed by atoms with Crippen LogP contribution in [0.3, 0.4) is 0 Å². The lowest BCUT2D eigenvalue weighted by atomic mass is 9.76. The molecule has 3 rings (SSSR count). The number of benzene rings is 1. The molecule has 0 radical (unpaired) electrons. The highest BCUT2D eigenvalue weighted by Crippen LogP contribution is 2.38. The number of aryl methyl sites for hydroxylation is 1. The Morgan fingerprint density at radius 2 is 1.79 bits per heavy atom. The summed E-state index contributed by atoms with van der Waals surface area (Å²) >= 11 is 13.6. The molecule has 8 heteroatoms. The lowest BCUT2D eigenvalue weighted by Crippen LogP contribution is -2.36. The van der Waals surface area contributed by atoms with Gasteiger partial charge in [0.2, 0.25) is 5.91 Å². The van der Waals surface area contributed by atoms with Gasteiger partial charge in [-0.3, -0.25) is 9.59 Å². The molecule has 148 valence electrons. The van der Waals surface area contributed by atoms with Gasteiger partial charge < -0.3 is 10.4 Å². The minimum atomic E-state index is -0.948. The fourth-order valence-corrected chi connectivity index (χ4v) is 4.74. The van der Waals surface area contributed by atoms with Gasteiger partial charge in [0.25, 0.3) is 0 Å². The van der Waals surface area contributed by atoms with Gasteiger partial charge in [0.1, 0.15) is 0 Å². The van der Waals surface area contributed by atoms with Gasteiger partial charge in [-0.15, -0.1) is 11.3 Å². The fraction of sp³-hybridized carbons (Fsp3) is 0.350. The summed E-state index contributed by atoms with van der Waals surface area (Å²) in [5.41, 5.74) is 3.52. The van der Waals surface area contributed by atoms with Crippen molar-refractivity contribution in [2.45, 2.75) is 33.6 Å². The Balaban J connectivity index is 1.84. The van der Waals surface area contributed by atoms with Crippen LogP contribution >= 0.6 is 34.5 Å². The van der Waals surface area contributed by atoms with E-state index < -0.39 is 17.8 Å². The predicted octanol–water partition coefficient (Wildman–Crippen LogP) is 5.81. The quantitative estimate of drug-likeness (QED) is 0.589. The Morgan fingerprint density at radius 1 is 1.14 bits per heavy atom. The maximum absolute atomic E-state index is 12.8. The number of carbonyl (C=O) groups is 2. The average molecular weight is 439 g/mol. The Hall–Kier alpha value is -1.89. The molecule has 1 aliphatic rings. The number of anilines is 1. The standard InChI is InChI=1S/C20H20Cl2N2O3S/c1-9-6-14(15(19(26)27)7-10(9)2)18(25)24-20-23-17(11(3)28-20)13-5-4-12(21)8-16(13)22/h4-5,8,14-15H,6-7H2,1-3H3,(H,26,27)(H,23,24,25)/t14-,15+/m0/s1. The lowest BCUT2D eigenvalue weighted by molar-refractivity contribution is -0.146. The molecular formula is C20H20Cl2N2O3S. The molecule has 0 saturated heterocycles. The highest BCUT2D eigenvalue weighted by molar-refractivity contribution is 7.16. The third kappa shape index (κ3) is 4.24. The van der Waals surface area contributed by atoms with E-state index in [1.54, 1.807) is 18.2 Å². The summed E-state index contributed by atoms with van der Waals surface area (Å²) in [6.07, 6.45) is 0.830. The molecule has 0 spiro atoms. The van der Waals surface area contributed by atoms with E-state index >= 15 is 0 Å². The number of carbonyl (C=O) groups excluding carboxylic acids is 1. The van der Waals surface area contributed by atoms with Crippen LogP contribution in [-0.4, -0.2) is 22.0 Å². The second kappa shape index (κ2) is 8.23. The van der Waals surface area contributed by atoms with Crippen LogP contribution in [0.5, 0.6) is 0 Å². The van der Waals surface area contributed by atoms with Crippen LogP contribution in [0, 0.1) is 18.8 Å². The van der Waals surface area contributed by atoms with Gasteiger partial charge in [-0.05, 0) is 51.8 Å². The second-order valence-electron chi connectivity index (χ2n) is 7.06. The number of thiazole rings is 1. The van der Waals surface area contributed by atoms with Crippen LogP contribution in [-0.2, 0) is 9.59 Å². The largest absolute Gasteiger partial charge is 0.481 e. The molecule has 1 heterocycles. The number of halogens is 2. The summed E-state index contributed by atoms with van der Waals surface area (Å²) in [6, 6.07) is 5.17. The third-order valence-corrected chi connectivity index (χ3v) is 6.57. The molecule has 1 aromatic heterocycles. The van der Waals surface area contributed by atoms with Crippen LogP contribution in [0.25, 0.3) is 11.3 Å². The number of nitrogens with one attached hydrogen (secondary N) is 1. The van der Waals surface area contributed by atoms with Crippen molar-refractivity contribution in [3.63, 3.8) is 0 Å². The smallest absolute Gasteiger partial charge is 0.307 e. The Morgan fingerprint density at radius 3 is 2.39 bits per heavy atom. The second-order valence-corrected chi connectivity index (χ2v) is 9.10. The van der Waals surface area contributed by atoms with Gasteiger partial charge >= 0.3 is 5.97 Å². The fourth-order valence-electron chi connectivity index (χ4n) is 3.41. The van der Waals surface area contributed by atoms with E-state index in [0.29, 0.717) is 33.7 Å². The zero-order valence-corrected chi connectivity index (χ0v) is 18.0. The van der Waals surface area contributed by atoms with Crippen LogP contribution in [0.4, 0.5) is 5.13 Å². The molecule has 2 atom stereocenters. The van der Waals surface area contributed by atoms with E-state index in [1.807, 2.05) is 20.8 Å². The zero-order chi connectivity index (χ0) is 20.6. The van der Waals surface area contributed by atoms with Crippen LogP contribution in [0.1, 0.15) is 31.6 Å². The van der Waals surface area contributed by atoms with Crippen LogP contribution < -0.4 is 5.32 Å². The Bertz CT molecular complexity index is 984. The van der Waals surface area contributed by atoms with E-state index in [2.05, 4.69) is 10.3 Å². The molecule has 0 aliphatic heterocycles. The van der Waals surface area contributed by atoms with Crippen LogP contribution in [0.2, 0.25) is 10.0 Å². The zero-order valence-electron chi connectivity index (χ0n) is 15.7. The number of allylic oxidation sites excluding steroid dienone is 2. The molecule has 1 aromatic carbocycles. The van der Waals surface area contributed by atoms with E-state index in [0.717, 1.165) is 21.6 Å². The molecule has 1 amide bonds. The maximum Gasteiger partial charge on any atom is 0.307 e. The van der Waals surface area contributed by atoms with Gasteiger partial charge in [0.05, 0.1) is 22.6 Å². The third-order valence-electron chi connectivity index (χ3n) is 5.13. The molecule has 2 aromatic rings. The summed E-state index contributed by atoms with van der Waals surface area (Å²) in [5, 5.41) is 13.8. The minimum absolute atomic E-state index is 0.318. The van der Waals surface area contributed by atoms with E-state index in [4.69, 9.17) is 23.2 Å².